The summed E-state index contributed by atoms with van der Waals surface area (Å²) in [6, 6.07) is 6.28. The number of hydrogen-bond donors (Lipinski definition) is 2. The van der Waals surface area contributed by atoms with Gasteiger partial charge in [0.25, 0.3) is 5.91 Å². The molecule has 1 heterocycles. The van der Waals surface area contributed by atoms with Crippen molar-refractivity contribution in [1.29, 1.82) is 0 Å². The van der Waals surface area contributed by atoms with Crippen LogP contribution in [0.2, 0.25) is 0 Å². The van der Waals surface area contributed by atoms with Crippen LogP contribution in [0.25, 0.3) is 0 Å². The molecule has 4 heteroatoms. The number of nitrogens with one attached hydrogen (secondary N) is 1. The lowest BCUT2D eigenvalue weighted by Gasteiger charge is -2.58. The molecule has 22 heavy (non-hydrogen) atoms. The van der Waals surface area contributed by atoms with Crippen molar-refractivity contribution in [2.75, 3.05) is 20.6 Å². The van der Waals surface area contributed by atoms with Gasteiger partial charge in [0, 0.05) is 24.1 Å². The van der Waals surface area contributed by atoms with Gasteiger partial charge in [0.05, 0.1) is 5.60 Å². The van der Waals surface area contributed by atoms with Gasteiger partial charge >= 0.3 is 0 Å². The smallest absolute Gasteiger partial charge is 0.251 e. The molecule has 2 bridgehead atoms. The maximum Gasteiger partial charge on any atom is 0.251 e. The minimum Gasteiger partial charge on any atom is -0.387 e. The van der Waals surface area contributed by atoms with Gasteiger partial charge in [0.2, 0.25) is 0 Å². The molecule has 2 fully saturated rings. The van der Waals surface area contributed by atoms with Crippen molar-refractivity contribution < 1.29 is 9.90 Å². The van der Waals surface area contributed by atoms with Crippen LogP contribution < -0.4 is 5.32 Å². The first kappa shape index (κ1) is 14.2. The monoisotopic (exact) mass is 300 g/mol. The molecule has 0 aromatic heterocycles. The molecule has 2 N–H and O–H groups in total. The Hall–Kier alpha value is -1.39. The van der Waals surface area contributed by atoms with Crippen LogP contribution in [0.15, 0.2) is 18.2 Å². The van der Waals surface area contributed by atoms with Crippen molar-refractivity contribution in [3.05, 3.63) is 34.9 Å². The molecule has 0 radical (unpaired) electrons. The Balaban J connectivity index is 1.91. The number of hydrogen-bond acceptors (Lipinski definition) is 3. The number of carbonyl (C=O) groups is 1. The standard InChI is InChI=1S/C18H24N2O2/c1-19-16(21)13-5-4-12-11-15-18(22)7-3-6-17(18,14(12)10-13)8-9-20(15)2/h4-5,10,15,22H,3,6-9,11H2,1-2H3,(H,19,21)/t15-,17?,18-/m1/s1. The van der Waals surface area contributed by atoms with Crippen LogP contribution in [0.3, 0.4) is 0 Å². The van der Waals surface area contributed by atoms with E-state index >= 15 is 0 Å². The second-order valence-corrected chi connectivity index (χ2v) is 7.26. The molecule has 1 saturated heterocycles. The van der Waals surface area contributed by atoms with Gasteiger partial charge in [0.15, 0.2) is 0 Å². The molecule has 2 aliphatic carbocycles. The molecule has 1 aromatic rings. The zero-order valence-corrected chi connectivity index (χ0v) is 13.4. The number of carbonyl (C=O) groups excluding carboxylic acids is 1. The summed E-state index contributed by atoms with van der Waals surface area (Å²) in [7, 11) is 3.80. The van der Waals surface area contributed by atoms with Crippen molar-refractivity contribution in [3.8, 4) is 0 Å². The Morgan fingerprint density at radius 1 is 1.36 bits per heavy atom. The summed E-state index contributed by atoms with van der Waals surface area (Å²) in [5.74, 6) is -0.0456. The minimum atomic E-state index is -0.631. The van der Waals surface area contributed by atoms with E-state index in [-0.39, 0.29) is 17.4 Å². The van der Waals surface area contributed by atoms with Crippen LogP contribution in [0.4, 0.5) is 0 Å². The van der Waals surface area contributed by atoms with E-state index in [0.717, 1.165) is 38.6 Å². The van der Waals surface area contributed by atoms with Gasteiger partial charge in [-0.3, -0.25) is 4.79 Å². The number of aliphatic hydroxyl groups is 1. The number of likely N-dealkylation sites (N-methyl/N-ethyl adjacent to an activating group) is 1. The van der Waals surface area contributed by atoms with E-state index in [1.54, 1.807) is 7.05 Å². The first-order valence-electron chi connectivity index (χ1n) is 8.30. The lowest BCUT2D eigenvalue weighted by atomic mass is 9.56. The third-order valence-electron chi connectivity index (χ3n) is 6.49. The van der Waals surface area contributed by atoms with Crippen LogP contribution in [0.1, 0.15) is 47.2 Å². The summed E-state index contributed by atoms with van der Waals surface area (Å²) >= 11 is 0. The summed E-state index contributed by atoms with van der Waals surface area (Å²) < 4.78 is 0. The van der Waals surface area contributed by atoms with Crippen LogP contribution >= 0.6 is 0 Å². The van der Waals surface area contributed by atoms with E-state index in [9.17, 15) is 9.90 Å². The van der Waals surface area contributed by atoms with E-state index < -0.39 is 5.60 Å². The Morgan fingerprint density at radius 2 is 2.18 bits per heavy atom. The molecule has 1 saturated carbocycles. The third kappa shape index (κ3) is 1.57. The Labute approximate surface area is 131 Å². The first-order chi connectivity index (χ1) is 10.5. The van der Waals surface area contributed by atoms with E-state index in [0.29, 0.717) is 5.56 Å². The van der Waals surface area contributed by atoms with Crippen molar-refractivity contribution in [2.45, 2.75) is 49.2 Å². The highest BCUT2D eigenvalue weighted by Gasteiger charge is 2.64. The van der Waals surface area contributed by atoms with Crippen LogP contribution in [0.5, 0.6) is 0 Å². The number of rotatable bonds is 1. The van der Waals surface area contributed by atoms with E-state index in [2.05, 4.69) is 23.3 Å². The summed E-state index contributed by atoms with van der Waals surface area (Å²) in [4.78, 5) is 14.3. The Morgan fingerprint density at radius 3 is 2.95 bits per heavy atom. The number of nitrogens with zero attached hydrogens (tertiary/aromatic N) is 1. The zero-order chi connectivity index (χ0) is 15.5. The fourth-order valence-electron chi connectivity index (χ4n) is 5.35. The van der Waals surface area contributed by atoms with E-state index in [1.807, 2.05) is 12.1 Å². The minimum absolute atomic E-state index is 0.0456. The van der Waals surface area contributed by atoms with Gasteiger partial charge in [0.1, 0.15) is 0 Å². The molecular weight excluding hydrogens is 276 g/mol. The van der Waals surface area contributed by atoms with E-state index in [4.69, 9.17) is 0 Å². The summed E-state index contributed by atoms with van der Waals surface area (Å²) in [6.45, 7) is 1.02. The average molecular weight is 300 g/mol. The summed E-state index contributed by atoms with van der Waals surface area (Å²) in [6.07, 6.45) is 4.87. The highest BCUT2D eigenvalue weighted by atomic mass is 16.3. The molecule has 0 spiro atoms. The van der Waals surface area contributed by atoms with Crippen LogP contribution in [-0.4, -0.2) is 48.2 Å². The van der Waals surface area contributed by atoms with E-state index in [1.165, 1.54) is 11.1 Å². The normalized spacial score (nSPS) is 36.6. The van der Waals surface area contributed by atoms with Crippen molar-refractivity contribution in [2.24, 2.45) is 0 Å². The fraction of sp³-hybridized carbons (Fsp3) is 0.611. The van der Waals surface area contributed by atoms with Gasteiger partial charge in [-0.05, 0) is 69.0 Å². The molecule has 4 nitrogen and oxygen atoms in total. The fourth-order valence-corrected chi connectivity index (χ4v) is 5.35. The number of amides is 1. The average Bonchev–Trinajstić information content (AvgIpc) is 2.89. The molecule has 1 unspecified atom stereocenters. The maximum absolute atomic E-state index is 12.0. The lowest BCUT2D eigenvalue weighted by molar-refractivity contribution is -0.123. The van der Waals surface area contributed by atoms with Crippen LogP contribution in [-0.2, 0) is 11.8 Å². The summed E-state index contributed by atoms with van der Waals surface area (Å²) in [5.41, 5.74) is 2.48. The predicted octanol–water partition coefficient (Wildman–Crippen LogP) is 1.46. The Bertz CT molecular complexity index is 644. The third-order valence-corrected chi connectivity index (χ3v) is 6.49. The van der Waals surface area contributed by atoms with Crippen molar-refractivity contribution >= 4 is 5.91 Å². The van der Waals surface area contributed by atoms with Crippen molar-refractivity contribution in [1.82, 2.24) is 10.2 Å². The maximum atomic E-state index is 12.0. The highest BCUT2D eigenvalue weighted by Crippen LogP contribution is 2.59. The van der Waals surface area contributed by atoms with Gasteiger partial charge in [-0.25, -0.2) is 0 Å². The topological polar surface area (TPSA) is 52.6 Å². The van der Waals surface area contributed by atoms with Crippen LogP contribution in [0, 0.1) is 0 Å². The first-order valence-corrected chi connectivity index (χ1v) is 8.30. The number of benzene rings is 1. The number of piperidine rings is 1. The van der Waals surface area contributed by atoms with Gasteiger partial charge in [-0.15, -0.1) is 0 Å². The predicted molar refractivity (Wildman–Crippen MR) is 85.1 cm³/mol. The number of likely N-dealkylation sites (tertiary alicyclic amines) is 1. The molecule has 118 valence electrons. The summed E-state index contributed by atoms with van der Waals surface area (Å²) in [5, 5.41) is 14.3. The Kier molecular flexibility index (Phi) is 2.94. The second-order valence-electron chi connectivity index (χ2n) is 7.26. The highest BCUT2D eigenvalue weighted by molar-refractivity contribution is 5.94. The molecule has 1 aromatic carbocycles. The SMILES string of the molecule is CNC(=O)c1ccc2c(c1)C13CCC[C@@]1(O)[C@@H](C2)N(C)CC3. The molecule has 1 amide bonds. The second kappa shape index (κ2) is 4.56. The molecule has 3 atom stereocenters. The van der Waals surface area contributed by atoms with Crippen molar-refractivity contribution in [3.63, 3.8) is 0 Å². The largest absolute Gasteiger partial charge is 0.387 e. The number of fused-ring (bicyclic) bond motifs is 1. The molecular formula is C18H24N2O2. The van der Waals surface area contributed by atoms with Gasteiger partial charge < -0.3 is 15.3 Å². The zero-order valence-electron chi connectivity index (χ0n) is 13.4. The molecule has 1 aliphatic heterocycles. The lowest BCUT2D eigenvalue weighted by Crippen LogP contribution is -2.68. The quantitative estimate of drug-likeness (QED) is 0.825. The van der Waals surface area contributed by atoms with Gasteiger partial charge in [-0.2, -0.15) is 0 Å². The molecule has 4 rings (SSSR count). The molecule has 3 aliphatic rings. The van der Waals surface area contributed by atoms with Gasteiger partial charge in [-0.1, -0.05) is 6.07 Å².